The molecule has 1 aliphatic heterocycles. The Kier molecular flexibility index (Phi) is 6.52. The Balaban J connectivity index is 1.85. The number of benzene rings is 1. The normalized spacial score (nSPS) is 31.4. The summed E-state index contributed by atoms with van der Waals surface area (Å²) in [4.78, 5) is 0. The number of hydrogen-bond acceptors (Lipinski definition) is 7. The highest BCUT2D eigenvalue weighted by atomic mass is 16.7. The smallest absolute Gasteiger partial charge is 0.187 e. The van der Waals surface area contributed by atoms with Crippen molar-refractivity contribution < 1.29 is 34.6 Å². The summed E-state index contributed by atoms with van der Waals surface area (Å²) < 4.78 is 15.6. The Labute approximate surface area is 134 Å². The first-order valence-electron chi connectivity index (χ1n) is 7.29. The minimum atomic E-state index is -1.43. The number of rotatable bonds is 6. The standard InChI is InChI=1S/C16H22O7/c1-21-11-6-4-10(5-7-11)3-2-8-22-16-15(20)14(19)13(18)12(9-17)23-16/h2-7,12-20H,8-9H2,1H3/t12-,13+,14+,15-,16-/m1/s1. The average Bonchev–Trinajstić information content (AvgIpc) is 2.59. The van der Waals surface area contributed by atoms with Crippen LogP contribution in [0.4, 0.5) is 0 Å². The highest BCUT2D eigenvalue weighted by Gasteiger charge is 2.43. The third-order valence-electron chi connectivity index (χ3n) is 3.63. The first kappa shape index (κ1) is 17.9. The molecule has 0 spiro atoms. The first-order chi connectivity index (χ1) is 11.1. The second-order valence-corrected chi connectivity index (χ2v) is 5.21. The molecule has 0 aliphatic carbocycles. The first-order valence-corrected chi connectivity index (χ1v) is 7.29. The van der Waals surface area contributed by atoms with E-state index >= 15 is 0 Å². The molecule has 7 nitrogen and oxygen atoms in total. The fourth-order valence-electron chi connectivity index (χ4n) is 2.25. The van der Waals surface area contributed by atoms with Crippen molar-refractivity contribution in [3.8, 4) is 5.75 Å². The summed E-state index contributed by atoms with van der Waals surface area (Å²) in [6.45, 7) is -0.346. The van der Waals surface area contributed by atoms with Crippen LogP contribution in [0.5, 0.6) is 5.75 Å². The quantitative estimate of drug-likeness (QED) is 0.559. The lowest BCUT2D eigenvalue weighted by molar-refractivity contribution is -0.298. The number of methoxy groups -OCH3 is 1. The van der Waals surface area contributed by atoms with Gasteiger partial charge in [-0.05, 0) is 17.7 Å². The van der Waals surface area contributed by atoms with Gasteiger partial charge in [0.25, 0.3) is 0 Å². The van der Waals surface area contributed by atoms with E-state index in [2.05, 4.69) is 0 Å². The number of ether oxygens (including phenoxy) is 3. The van der Waals surface area contributed by atoms with Crippen LogP contribution in [-0.4, -0.2) is 71.5 Å². The van der Waals surface area contributed by atoms with Crippen molar-refractivity contribution >= 4 is 6.08 Å². The van der Waals surface area contributed by atoms with Crippen LogP contribution in [0, 0.1) is 0 Å². The summed E-state index contributed by atoms with van der Waals surface area (Å²) in [7, 11) is 1.60. The van der Waals surface area contributed by atoms with Gasteiger partial charge in [0.15, 0.2) is 6.29 Å². The van der Waals surface area contributed by atoms with Crippen LogP contribution >= 0.6 is 0 Å². The largest absolute Gasteiger partial charge is 0.497 e. The van der Waals surface area contributed by atoms with Crippen LogP contribution in [-0.2, 0) is 9.47 Å². The zero-order valence-corrected chi connectivity index (χ0v) is 12.8. The Bertz CT molecular complexity index is 500. The molecule has 0 amide bonds. The summed E-state index contributed by atoms with van der Waals surface area (Å²) in [5, 5.41) is 38.2. The lowest BCUT2D eigenvalue weighted by Gasteiger charge is -2.39. The van der Waals surface area contributed by atoms with Gasteiger partial charge in [0.05, 0.1) is 20.3 Å². The lowest BCUT2D eigenvalue weighted by atomic mass is 9.99. The third-order valence-corrected chi connectivity index (χ3v) is 3.63. The summed E-state index contributed by atoms with van der Waals surface area (Å²) >= 11 is 0. The molecule has 0 aromatic heterocycles. The number of aliphatic hydroxyl groups is 4. The van der Waals surface area contributed by atoms with Crippen LogP contribution in [0.15, 0.2) is 30.3 Å². The zero-order valence-electron chi connectivity index (χ0n) is 12.8. The van der Waals surface area contributed by atoms with Crippen molar-refractivity contribution in [3.63, 3.8) is 0 Å². The van der Waals surface area contributed by atoms with Crippen molar-refractivity contribution in [2.75, 3.05) is 20.3 Å². The van der Waals surface area contributed by atoms with E-state index in [0.29, 0.717) is 0 Å². The fourth-order valence-corrected chi connectivity index (χ4v) is 2.25. The Morgan fingerprint density at radius 3 is 2.39 bits per heavy atom. The van der Waals surface area contributed by atoms with E-state index in [4.69, 9.17) is 19.3 Å². The molecule has 2 rings (SSSR count). The molecule has 23 heavy (non-hydrogen) atoms. The Morgan fingerprint density at radius 2 is 1.78 bits per heavy atom. The van der Waals surface area contributed by atoms with Gasteiger partial charge in [0.1, 0.15) is 30.2 Å². The lowest BCUT2D eigenvalue weighted by Crippen LogP contribution is -2.59. The van der Waals surface area contributed by atoms with E-state index in [0.717, 1.165) is 11.3 Å². The van der Waals surface area contributed by atoms with Crippen molar-refractivity contribution in [2.45, 2.75) is 30.7 Å². The maximum Gasteiger partial charge on any atom is 0.187 e. The van der Waals surface area contributed by atoms with Crippen molar-refractivity contribution in [3.05, 3.63) is 35.9 Å². The fraction of sp³-hybridized carbons (Fsp3) is 0.500. The molecule has 7 heteroatoms. The molecule has 0 bridgehead atoms. The van der Waals surface area contributed by atoms with E-state index in [9.17, 15) is 15.3 Å². The molecule has 0 radical (unpaired) electrons. The summed E-state index contributed by atoms with van der Waals surface area (Å²) in [6, 6.07) is 7.42. The van der Waals surface area contributed by atoms with Crippen LogP contribution in [0.25, 0.3) is 6.08 Å². The predicted molar refractivity (Wildman–Crippen MR) is 81.7 cm³/mol. The second kappa shape index (κ2) is 8.39. The SMILES string of the molecule is COc1ccc(C=CCO[C@@H]2O[C@H](CO)[C@H](O)[C@H](O)[C@H]2O)cc1. The van der Waals surface area contributed by atoms with E-state index in [-0.39, 0.29) is 6.61 Å². The highest BCUT2D eigenvalue weighted by molar-refractivity contribution is 5.50. The van der Waals surface area contributed by atoms with Crippen LogP contribution < -0.4 is 4.74 Å². The number of hydrogen-bond donors (Lipinski definition) is 4. The molecule has 1 heterocycles. The van der Waals surface area contributed by atoms with Crippen LogP contribution in [0.3, 0.4) is 0 Å². The van der Waals surface area contributed by atoms with Gasteiger partial charge >= 0.3 is 0 Å². The molecular formula is C16H22O7. The summed E-state index contributed by atoms with van der Waals surface area (Å²) in [5.41, 5.74) is 0.947. The van der Waals surface area contributed by atoms with Gasteiger partial charge in [-0.2, -0.15) is 0 Å². The monoisotopic (exact) mass is 326 g/mol. The van der Waals surface area contributed by atoms with Gasteiger partial charge < -0.3 is 34.6 Å². The van der Waals surface area contributed by atoms with Gasteiger partial charge in [-0.15, -0.1) is 0 Å². The van der Waals surface area contributed by atoms with Gasteiger partial charge in [0.2, 0.25) is 0 Å². The van der Waals surface area contributed by atoms with Gasteiger partial charge in [-0.25, -0.2) is 0 Å². The number of aliphatic hydroxyl groups excluding tert-OH is 4. The molecule has 0 unspecified atom stereocenters. The topological polar surface area (TPSA) is 109 Å². The minimum Gasteiger partial charge on any atom is -0.497 e. The van der Waals surface area contributed by atoms with E-state index in [1.165, 1.54) is 0 Å². The zero-order chi connectivity index (χ0) is 16.8. The molecule has 4 N–H and O–H groups in total. The molecular weight excluding hydrogens is 304 g/mol. The van der Waals surface area contributed by atoms with Gasteiger partial charge in [-0.1, -0.05) is 24.3 Å². The Hall–Kier alpha value is -1.48. The second-order valence-electron chi connectivity index (χ2n) is 5.21. The van der Waals surface area contributed by atoms with Crippen LogP contribution in [0.1, 0.15) is 5.56 Å². The van der Waals surface area contributed by atoms with Crippen molar-refractivity contribution in [1.82, 2.24) is 0 Å². The molecule has 1 aromatic carbocycles. The summed E-state index contributed by atoms with van der Waals surface area (Å²) in [5.74, 6) is 0.764. The maximum atomic E-state index is 9.82. The third kappa shape index (κ3) is 4.51. The highest BCUT2D eigenvalue weighted by Crippen LogP contribution is 2.22. The van der Waals surface area contributed by atoms with E-state index in [1.54, 1.807) is 13.2 Å². The van der Waals surface area contributed by atoms with Crippen molar-refractivity contribution in [1.29, 1.82) is 0 Å². The summed E-state index contributed by atoms with van der Waals surface area (Å²) in [6.07, 6.45) is -2.74. The molecule has 1 aliphatic rings. The van der Waals surface area contributed by atoms with E-state index < -0.39 is 37.3 Å². The van der Waals surface area contributed by atoms with Gasteiger partial charge in [-0.3, -0.25) is 0 Å². The van der Waals surface area contributed by atoms with Crippen molar-refractivity contribution in [2.24, 2.45) is 0 Å². The minimum absolute atomic E-state index is 0.134. The van der Waals surface area contributed by atoms with E-state index in [1.807, 2.05) is 30.3 Å². The average molecular weight is 326 g/mol. The van der Waals surface area contributed by atoms with Gasteiger partial charge in [0, 0.05) is 0 Å². The molecule has 1 aromatic rings. The predicted octanol–water partition coefficient (Wildman–Crippen LogP) is -0.475. The molecule has 1 saturated heterocycles. The molecule has 5 atom stereocenters. The molecule has 128 valence electrons. The molecule has 1 fully saturated rings. The Morgan fingerprint density at radius 1 is 1.09 bits per heavy atom. The molecule has 0 saturated carbocycles. The maximum absolute atomic E-state index is 9.82. The van der Waals surface area contributed by atoms with Crippen LogP contribution in [0.2, 0.25) is 0 Å².